The maximum absolute atomic E-state index is 5.34. The molecule has 2 rings (SSSR count). The predicted molar refractivity (Wildman–Crippen MR) is 102 cm³/mol. The highest BCUT2D eigenvalue weighted by molar-refractivity contribution is 5.79. The summed E-state index contributed by atoms with van der Waals surface area (Å²) in [6, 6.07) is 9.61. The van der Waals surface area contributed by atoms with Gasteiger partial charge in [0.05, 0.1) is 27.9 Å². The summed E-state index contributed by atoms with van der Waals surface area (Å²) in [5, 5.41) is 6.55. The van der Waals surface area contributed by atoms with E-state index in [0.717, 1.165) is 23.6 Å². The molecule has 0 saturated carbocycles. The van der Waals surface area contributed by atoms with Crippen molar-refractivity contribution in [2.75, 3.05) is 27.9 Å². The molecule has 7 nitrogen and oxygen atoms in total. The van der Waals surface area contributed by atoms with Gasteiger partial charge in [0.2, 0.25) is 5.88 Å². The molecule has 140 valence electrons. The van der Waals surface area contributed by atoms with E-state index in [2.05, 4.69) is 20.6 Å². The Labute approximate surface area is 154 Å². The van der Waals surface area contributed by atoms with Crippen molar-refractivity contribution in [1.29, 1.82) is 0 Å². The molecule has 0 aliphatic carbocycles. The number of aromatic nitrogens is 1. The van der Waals surface area contributed by atoms with E-state index >= 15 is 0 Å². The van der Waals surface area contributed by atoms with E-state index in [0.29, 0.717) is 30.5 Å². The Kier molecular flexibility index (Phi) is 7.54. The Bertz CT molecular complexity index is 717. The summed E-state index contributed by atoms with van der Waals surface area (Å²) in [7, 11) is 4.85. The fourth-order valence-electron chi connectivity index (χ4n) is 2.31. The minimum absolute atomic E-state index is 0.526. The highest BCUT2D eigenvalue weighted by Crippen LogP contribution is 2.27. The summed E-state index contributed by atoms with van der Waals surface area (Å²) in [5.41, 5.74) is 2.08. The summed E-state index contributed by atoms with van der Waals surface area (Å²) in [6.07, 6.45) is 1.76. The second-order valence-electron chi connectivity index (χ2n) is 5.45. The van der Waals surface area contributed by atoms with E-state index in [4.69, 9.17) is 14.2 Å². The van der Waals surface area contributed by atoms with Crippen molar-refractivity contribution >= 4 is 5.96 Å². The standard InChI is InChI=1S/C19H26N4O3/c1-5-20-19(23-13-15-7-9-18(26-4)21-12-15)22-11-14-6-8-16(24-2)17(10-14)25-3/h6-10,12H,5,11,13H2,1-4H3,(H2,20,22,23). The van der Waals surface area contributed by atoms with Crippen LogP contribution in [-0.2, 0) is 13.1 Å². The number of benzene rings is 1. The molecule has 0 bridgehead atoms. The SMILES string of the molecule is CCNC(=NCc1ccc(OC)nc1)NCc1ccc(OC)c(OC)c1. The van der Waals surface area contributed by atoms with Gasteiger partial charge in [-0.1, -0.05) is 12.1 Å². The number of guanidine groups is 1. The second-order valence-corrected chi connectivity index (χ2v) is 5.45. The molecule has 0 fully saturated rings. The van der Waals surface area contributed by atoms with Gasteiger partial charge in [-0.25, -0.2) is 9.98 Å². The second kappa shape index (κ2) is 10.1. The van der Waals surface area contributed by atoms with Crippen LogP contribution in [0.3, 0.4) is 0 Å². The molecule has 1 heterocycles. The van der Waals surface area contributed by atoms with Gasteiger partial charge in [-0.2, -0.15) is 0 Å². The number of pyridine rings is 1. The number of nitrogens with one attached hydrogen (secondary N) is 2. The molecular weight excluding hydrogens is 332 g/mol. The van der Waals surface area contributed by atoms with Crippen LogP contribution in [0, 0.1) is 0 Å². The summed E-state index contributed by atoms with van der Waals surface area (Å²) in [6.45, 7) is 3.95. The molecule has 0 aliphatic rings. The normalized spacial score (nSPS) is 11.0. The van der Waals surface area contributed by atoms with Gasteiger partial charge in [-0.05, 0) is 30.2 Å². The topological polar surface area (TPSA) is 77.0 Å². The van der Waals surface area contributed by atoms with Crippen LogP contribution in [0.2, 0.25) is 0 Å². The lowest BCUT2D eigenvalue weighted by molar-refractivity contribution is 0.354. The maximum Gasteiger partial charge on any atom is 0.212 e. The van der Waals surface area contributed by atoms with E-state index < -0.39 is 0 Å². The third-order valence-electron chi connectivity index (χ3n) is 3.68. The van der Waals surface area contributed by atoms with E-state index in [9.17, 15) is 0 Å². The van der Waals surface area contributed by atoms with Crippen LogP contribution in [0.1, 0.15) is 18.1 Å². The average molecular weight is 358 g/mol. The largest absolute Gasteiger partial charge is 0.493 e. The number of hydrogen-bond acceptors (Lipinski definition) is 5. The van der Waals surface area contributed by atoms with Gasteiger partial charge in [0.1, 0.15) is 0 Å². The molecule has 0 unspecified atom stereocenters. The summed E-state index contributed by atoms with van der Waals surface area (Å²) in [5.74, 6) is 2.75. The van der Waals surface area contributed by atoms with Crippen molar-refractivity contribution in [3.05, 3.63) is 47.7 Å². The van der Waals surface area contributed by atoms with Gasteiger partial charge in [0.15, 0.2) is 17.5 Å². The molecule has 0 aliphatic heterocycles. The molecular formula is C19H26N4O3. The maximum atomic E-state index is 5.34. The van der Waals surface area contributed by atoms with Crippen LogP contribution in [0.15, 0.2) is 41.5 Å². The number of ether oxygens (including phenoxy) is 3. The Morgan fingerprint density at radius 3 is 2.35 bits per heavy atom. The quantitative estimate of drug-likeness (QED) is 0.557. The first-order chi connectivity index (χ1) is 12.7. The van der Waals surface area contributed by atoms with Gasteiger partial charge in [-0.15, -0.1) is 0 Å². The van der Waals surface area contributed by atoms with Gasteiger partial charge >= 0.3 is 0 Å². The van der Waals surface area contributed by atoms with Crippen LogP contribution in [0.25, 0.3) is 0 Å². The van der Waals surface area contributed by atoms with E-state index in [1.54, 1.807) is 27.5 Å². The molecule has 1 aromatic heterocycles. The van der Waals surface area contributed by atoms with Crippen molar-refractivity contribution in [3.63, 3.8) is 0 Å². The van der Waals surface area contributed by atoms with Crippen molar-refractivity contribution in [2.45, 2.75) is 20.0 Å². The van der Waals surface area contributed by atoms with Gasteiger partial charge in [0.25, 0.3) is 0 Å². The molecule has 0 spiro atoms. The van der Waals surface area contributed by atoms with E-state index in [1.807, 2.05) is 37.3 Å². The molecule has 2 N–H and O–H groups in total. The molecule has 2 aromatic rings. The molecule has 0 saturated heterocycles. The van der Waals surface area contributed by atoms with Gasteiger partial charge in [0, 0.05) is 25.4 Å². The third kappa shape index (κ3) is 5.54. The van der Waals surface area contributed by atoms with Crippen LogP contribution in [-0.4, -0.2) is 38.8 Å². The smallest absolute Gasteiger partial charge is 0.212 e. The average Bonchev–Trinajstić information content (AvgIpc) is 2.70. The van der Waals surface area contributed by atoms with Crippen LogP contribution >= 0.6 is 0 Å². The molecule has 1 aromatic carbocycles. The summed E-state index contributed by atoms with van der Waals surface area (Å²) in [4.78, 5) is 8.78. The van der Waals surface area contributed by atoms with Crippen molar-refractivity contribution in [3.8, 4) is 17.4 Å². The summed E-state index contributed by atoms with van der Waals surface area (Å²) < 4.78 is 15.7. The monoisotopic (exact) mass is 358 g/mol. The lowest BCUT2D eigenvalue weighted by Gasteiger charge is -2.13. The van der Waals surface area contributed by atoms with E-state index in [1.165, 1.54) is 0 Å². The van der Waals surface area contributed by atoms with Gasteiger partial charge in [-0.3, -0.25) is 0 Å². The first-order valence-electron chi connectivity index (χ1n) is 8.42. The van der Waals surface area contributed by atoms with Crippen molar-refractivity contribution < 1.29 is 14.2 Å². The third-order valence-corrected chi connectivity index (χ3v) is 3.68. The minimum Gasteiger partial charge on any atom is -0.493 e. The predicted octanol–water partition coefficient (Wildman–Crippen LogP) is 2.36. The zero-order valence-electron chi connectivity index (χ0n) is 15.7. The summed E-state index contributed by atoms with van der Waals surface area (Å²) >= 11 is 0. The first kappa shape index (κ1) is 19.4. The fraction of sp³-hybridized carbons (Fsp3) is 0.368. The highest BCUT2D eigenvalue weighted by Gasteiger charge is 2.05. The zero-order valence-corrected chi connectivity index (χ0v) is 15.7. The molecule has 0 amide bonds. The Hall–Kier alpha value is -2.96. The van der Waals surface area contributed by atoms with Crippen LogP contribution in [0.5, 0.6) is 17.4 Å². The lowest BCUT2D eigenvalue weighted by atomic mass is 10.2. The number of rotatable bonds is 8. The molecule has 0 radical (unpaired) electrons. The minimum atomic E-state index is 0.526. The lowest BCUT2D eigenvalue weighted by Crippen LogP contribution is -2.36. The molecule has 26 heavy (non-hydrogen) atoms. The van der Waals surface area contributed by atoms with Crippen LogP contribution in [0.4, 0.5) is 0 Å². The van der Waals surface area contributed by atoms with Crippen LogP contribution < -0.4 is 24.8 Å². The van der Waals surface area contributed by atoms with E-state index in [-0.39, 0.29) is 0 Å². The molecule has 0 atom stereocenters. The van der Waals surface area contributed by atoms with Crippen molar-refractivity contribution in [1.82, 2.24) is 15.6 Å². The number of hydrogen-bond donors (Lipinski definition) is 2. The van der Waals surface area contributed by atoms with Crippen molar-refractivity contribution in [2.24, 2.45) is 4.99 Å². The number of nitrogens with zero attached hydrogens (tertiary/aromatic N) is 2. The highest BCUT2D eigenvalue weighted by atomic mass is 16.5. The first-order valence-corrected chi connectivity index (χ1v) is 8.42. The fourth-order valence-corrected chi connectivity index (χ4v) is 2.31. The Morgan fingerprint density at radius 2 is 1.73 bits per heavy atom. The molecule has 7 heteroatoms. The number of aliphatic imine (C=N–C) groups is 1. The Morgan fingerprint density at radius 1 is 0.962 bits per heavy atom. The van der Waals surface area contributed by atoms with Gasteiger partial charge < -0.3 is 24.8 Å². The Balaban J connectivity index is 2.00. The number of methoxy groups -OCH3 is 3. The zero-order chi connectivity index (χ0) is 18.8.